The summed E-state index contributed by atoms with van der Waals surface area (Å²) < 4.78 is 11.0. The second-order valence-corrected chi connectivity index (χ2v) is 4.14. The van der Waals surface area contributed by atoms with Crippen LogP contribution in [0.2, 0.25) is 0 Å². The van der Waals surface area contributed by atoms with Crippen LogP contribution in [0.1, 0.15) is 20.3 Å². The molecule has 0 heterocycles. The highest BCUT2D eigenvalue weighted by molar-refractivity contribution is 7.46. The first-order valence-corrected chi connectivity index (χ1v) is 4.56. The second kappa shape index (κ2) is 4.38. The topological polar surface area (TPSA) is 61.1 Å². The number of aliphatic hydroxyl groups is 1. The van der Waals surface area contributed by atoms with E-state index in [1.807, 2.05) is 6.07 Å². The lowest BCUT2D eigenvalue weighted by Gasteiger charge is -1.93. The molecule has 0 radical (unpaired) electrons. The quantitative estimate of drug-likeness (QED) is 0.635. The molecule has 0 bridgehead atoms. The molecule has 0 rings (SSSR count). The molecule has 0 aromatic heterocycles. The van der Waals surface area contributed by atoms with Gasteiger partial charge in [-0.05, 0) is 0 Å². The van der Waals surface area contributed by atoms with E-state index in [4.69, 9.17) is 10.4 Å². The van der Waals surface area contributed by atoms with Crippen LogP contribution in [0.15, 0.2) is 0 Å². The van der Waals surface area contributed by atoms with Crippen molar-refractivity contribution in [3.8, 4) is 6.07 Å². The van der Waals surface area contributed by atoms with Gasteiger partial charge >= 0.3 is 7.80 Å². The molecule has 0 aromatic carbocycles. The summed E-state index contributed by atoms with van der Waals surface area (Å²) in [6.07, 6.45) is 0.538. The summed E-state index contributed by atoms with van der Waals surface area (Å²) in [5.74, 6) is -0.861. The first-order valence-electron chi connectivity index (χ1n) is 3.16. The Hall–Kier alpha value is -0.450. The van der Waals surface area contributed by atoms with Crippen LogP contribution in [0.5, 0.6) is 0 Å². The van der Waals surface area contributed by atoms with Crippen LogP contribution >= 0.6 is 7.80 Å². The predicted molar refractivity (Wildman–Crippen MR) is 39.0 cm³/mol. The summed E-state index contributed by atoms with van der Waals surface area (Å²) in [5.41, 5.74) is -0.491. The Labute approximate surface area is 61.5 Å². The Kier molecular flexibility index (Phi) is 4.18. The highest BCUT2D eigenvalue weighted by Crippen LogP contribution is 2.33. The van der Waals surface area contributed by atoms with Crippen molar-refractivity contribution in [3.05, 3.63) is 0 Å². The highest BCUT2D eigenvalue weighted by atomic mass is 31.1. The minimum atomic E-state index is -1.76. The van der Waals surface area contributed by atoms with Crippen LogP contribution < -0.4 is 0 Å². The molecule has 3 atom stereocenters. The van der Waals surface area contributed by atoms with Gasteiger partial charge < -0.3 is 5.11 Å². The number of aliphatic hydroxyl groups excluding tert-OH is 1. The van der Waals surface area contributed by atoms with Crippen molar-refractivity contribution < 1.29 is 9.67 Å². The molecule has 0 aliphatic heterocycles. The van der Waals surface area contributed by atoms with Crippen LogP contribution in [-0.2, 0) is 4.57 Å². The summed E-state index contributed by atoms with van der Waals surface area (Å²) in [5, 5.41) is 17.2. The molecule has 0 saturated carbocycles. The summed E-state index contributed by atoms with van der Waals surface area (Å²) in [7, 11) is -1.76. The van der Waals surface area contributed by atoms with E-state index in [1.54, 1.807) is 6.92 Å². The molecule has 0 spiro atoms. The Bertz CT molecular complexity index is 162. The number of hydrogen-bond donors (Lipinski definition) is 1. The lowest BCUT2D eigenvalue weighted by atomic mass is 10.4. The average molecular weight is 160 g/mol. The summed E-state index contributed by atoms with van der Waals surface area (Å²) in [4.78, 5) is 0. The van der Waals surface area contributed by atoms with E-state index in [0.29, 0.717) is 6.42 Å². The van der Waals surface area contributed by atoms with Crippen molar-refractivity contribution in [2.24, 2.45) is 0 Å². The Morgan fingerprint density at radius 2 is 2.30 bits per heavy atom. The SMILES string of the molecule is CCC(C#N)[P+](=O)C(C)O. The molecule has 0 amide bonds. The van der Waals surface area contributed by atoms with Crippen molar-refractivity contribution in [1.82, 2.24) is 0 Å². The molecular formula is C6H11NO2P+. The van der Waals surface area contributed by atoms with Crippen LogP contribution in [0.3, 0.4) is 0 Å². The molecule has 3 unspecified atom stereocenters. The zero-order chi connectivity index (χ0) is 8.15. The smallest absolute Gasteiger partial charge is 0.351 e. The zero-order valence-corrected chi connectivity index (χ0v) is 7.01. The maximum Gasteiger partial charge on any atom is 0.387 e. The van der Waals surface area contributed by atoms with Crippen LogP contribution in [0.4, 0.5) is 0 Å². The largest absolute Gasteiger partial charge is 0.387 e. The average Bonchev–Trinajstić information content (AvgIpc) is 1.90. The van der Waals surface area contributed by atoms with Crippen molar-refractivity contribution in [2.75, 3.05) is 0 Å². The molecule has 4 heteroatoms. The monoisotopic (exact) mass is 160 g/mol. The van der Waals surface area contributed by atoms with Gasteiger partial charge in [0.25, 0.3) is 5.85 Å². The van der Waals surface area contributed by atoms with E-state index >= 15 is 0 Å². The van der Waals surface area contributed by atoms with E-state index < -0.39 is 19.3 Å². The standard InChI is InChI=1S/C6H11NO2P/c1-3-6(4-7)10(9)5(2)8/h5-6,8H,3H2,1-2H3/q+1. The number of nitrogens with zero attached hydrogens (tertiary/aromatic N) is 1. The fourth-order valence-electron chi connectivity index (χ4n) is 0.589. The van der Waals surface area contributed by atoms with Gasteiger partial charge in [0, 0.05) is 13.3 Å². The third kappa shape index (κ3) is 2.43. The van der Waals surface area contributed by atoms with Gasteiger partial charge in [0.05, 0.1) is 0 Å². The van der Waals surface area contributed by atoms with Gasteiger partial charge in [0.15, 0.2) is 0 Å². The molecule has 0 aromatic rings. The normalized spacial score (nSPS) is 17.2. The van der Waals surface area contributed by atoms with Crippen LogP contribution in [0, 0.1) is 11.3 Å². The highest BCUT2D eigenvalue weighted by Gasteiger charge is 2.33. The number of hydrogen-bond acceptors (Lipinski definition) is 3. The molecule has 0 aliphatic carbocycles. The van der Waals surface area contributed by atoms with Gasteiger partial charge in [0.1, 0.15) is 6.07 Å². The lowest BCUT2D eigenvalue weighted by molar-refractivity contribution is 0.270. The van der Waals surface area contributed by atoms with Crippen molar-refractivity contribution in [2.45, 2.75) is 31.8 Å². The van der Waals surface area contributed by atoms with Gasteiger partial charge in [-0.25, -0.2) is 0 Å². The zero-order valence-electron chi connectivity index (χ0n) is 6.11. The van der Waals surface area contributed by atoms with E-state index in [1.165, 1.54) is 6.92 Å². The van der Waals surface area contributed by atoms with Crippen molar-refractivity contribution >= 4 is 7.80 Å². The molecule has 0 aliphatic rings. The maximum atomic E-state index is 11.0. The van der Waals surface area contributed by atoms with Crippen LogP contribution in [-0.4, -0.2) is 16.6 Å². The van der Waals surface area contributed by atoms with Crippen LogP contribution in [0.25, 0.3) is 0 Å². The fraction of sp³-hybridized carbons (Fsp3) is 0.833. The second-order valence-electron chi connectivity index (χ2n) is 2.04. The number of rotatable bonds is 3. The molecule has 0 fully saturated rings. The van der Waals surface area contributed by atoms with Gasteiger partial charge in [-0.1, -0.05) is 11.5 Å². The minimum Gasteiger partial charge on any atom is -0.351 e. The number of nitriles is 1. The molecule has 3 nitrogen and oxygen atoms in total. The Morgan fingerprint density at radius 1 is 1.80 bits per heavy atom. The minimum absolute atomic E-state index is 0.491. The molecular weight excluding hydrogens is 149 g/mol. The van der Waals surface area contributed by atoms with E-state index in [-0.39, 0.29) is 0 Å². The van der Waals surface area contributed by atoms with Gasteiger partial charge in [0.2, 0.25) is 5.66 Å². The Morgan fingerprint density at radius 3 is 2.40 bits per heavy atom. The maximum absolute atomic E-state index is 11.0. The lowest BCUT2D eigenvalue weighted by Crippen LogP contribution is -2.04. The summed E-state index contributed by atoms with van der Waals surface area (Å²) in [6, 6.07) is 1.89. The molecule has 10 heavy (non-hydrogen) atoms. The van der Waals surface area contributed by atoms with E-state index in [9.17, 15) is 4.57 Å². The molecule has 56 valence electrons. The molecule has 1 N–H and O–H groups in total. The fourth-order valence-corrected chi connectivity index (χ4v) is 1.58. The predicted octanol–water partition coefficient (Wildman–Crippen LogP) is 1.45. The van der Waals surface area contributed by atoms with Gasteiger partial charge in [-0.3, -0.25) is 0 Å². The van der Waals surface area contributed by atoms with Gasteiger partial charge in [-0.2, -0.15) is 5.26 Å². The van der Waals surface area contributed by atoms with Crippen molar-refractivity contribution in [3.63, 3.8) is 0 Å². The first kappa shape index (κ1) is 9.55. The third-order valence-corrected chi connectivity index (χ3v) is 3.04. The third-order valence-electron chi connectivity index (χ3n) is 1.21. The Balaban J connectivity index is 4.06. The summed E-state index contributed by atoms with van der Waals surface area (Å²) in [6.45, 7) is 3.22. The van der Waals surface area contributed by atoms with E-state index in [0.717, 1.165) is 0 Å². The first-order chi connectivity index (χ1) is 4.63. The van der Waals surface area contributed by atoms with Gasteiger partial charge in [-0.15, -0.1) is 0 Å². The summed E-state index contributed by atoms with van der Waals surface area (Å²) >= 11 is 0. The van der Waals surface area contributed by atoms with E-state index in [2.05, 4.69) is 0 Å². The van der Waals surface area contributed by atoms with Crippen molar-refractivity contribution in [1.29, 1.82) is 5.26 Å². The molecule has 0 saturated heterocycles.